The molecule has 26 heavy (non-hydrogen) atoms. The van der Waals surface area contributed by atoms with Crippen LogP contribution in [0.25, 0.3) is 11.0 Å². The van der Waals surface area contributed by atoms with Crippen LogP contribution in [0.3, 0.4) is 0 Å². The Hall–Kier alpha value is -2.89. The highest BCUT2D eigenvalue weighted by Gasteiger charge is 2.16. The molecule has 2 heterocycles. The Morgan fingerprint density at radius 3 is 2.31 bits per heavy atom. The zero-order valence-electron chi connectivity index (χ0n) is 15.8. The van der Waals surface area contributed by atoms with E-state index in [-0.39, 0.29) is 11.2 Å². The highest BCUT2D eigenvalue weighted by molar-refractivity contribution is 5.92. The van der Waals surface area contributed by atoms with Gasteiger partial charge in [-0.1, -0.05) is 32.9 Å². The Balaban J connectivity index is 2.23. The van der Waals surface area contributed by atoms with Gasteiger partial charge in [0.1, 0.15) is 5.39 Å². The Morgan fingerprint density at radius 1 is 1.08 bits per heavy atom. The molecule has 0 aliphatic rings. The fourth-order valence-corrected chi connectivity index (χ4v) is 3.07. The summed E-state index contributed by atoms with van der Waals surface area (Å²) in [7, 11) is 3.12. The average Bonchev–Trinajstić information content (AvgIpc) is 2.64. The molecule has 3 rings (SSSR count). The first kappa shape index (κ1) is 17.9. The number of fused-ring (bicyclic) bond motifs is 1. The summed E-state index contributed by atoms with van der Waals surface area (Å²) in [6, 6.07) is 8.17. The highest BCUT2D eigenvalue weighted by Crippen LogP contribution is 2.27. The smallest absolute Gasteiger partial charge is 0.332 e. The molecule has 0 bridgehead atoms. The van der Waals surface area contributed by atoms with E-state index in [0.717, 1.165) is 22.2 Å². The largest absolute Gasteiger partial charge is 0.354 e. The molecule has 6 nitrogen and oxygen atoms in total. The molecule has 136 valence electrons. The lowest BCUT2D eigenvalue weighted by molar-refractivity contribution is 0.707. The van der Waals surface area contributed by atoms with Crippen molar-refractivity contribution in [2.45, 2.75) is 33.1 Å². The third-order valence-electron chi connectivity index (χ3n) is 4.78. The van der Waals surface area contributed by atoms with E-state index in [1.165, 1.54) is 17.2 Å². The molecule has 0 saturated heterocycles. The maximum absolute atomic E-state index is 12.8. The molecule has 0 saturated carbocycles. The number of rotatable bonds is 4. The summed E-state index contributed by atoms with van der Waals surface area (Å²) in [6.07, 6.45) is 2.45. The van der Waals surface area contributed by atoms with Gasteiger partial charge in [-0.25, -0.2) is 9.78 Å². The normalized spacial score (nSPS) is 11.3. The highest BCUT2D eigenvalue weighted by atomic mass is 16.2. The van der Waals surface area contributed by atoms with Crippen molar-refractivity contribution >= 4 is 22.4 Å². The van der Waals surface area contributed by atoms with Gasteiger partial charge in [0.05, 0.1) is 5.69 Å². The molecule has 0 spiro atoms. The first-order valence-electron chi connectivity index (χ1n) is 8.79. The predicted molar refractivity (Wildman–Crippen MR) is 105 cm³/mol. The van der Waals surface area contributed by atoms with E-state index in [1.807, 2.05) is 19.1 Å². The Kier molecular flexibility index (Phi) is 4.68. The number of benzene rings is 1. The van der Waals surface area contributed by atoms with Crippen molar-refractivity contribution in [2.75, 3.05) is 5.32 Å². The van der Waals surface area contributed by atoms with Gasteiger partial charge in [-0.15, -0.1) is 0 Å². The number of aromatic nitrogens is 3. The molecule has 0 fully saturated rings. The van der Waals surface area contributed by atoms with Crippen molar-refractivity contribution in [1.82, 2.24) is 14.1 Å². The molecule has 0 atom stereocenters. The minimum atomic E-state index is -0.383. The average molecular weight is 352 g/mol. The van der Waals surface area contributed by atoms with Crippen molar-refractivity contribution in [3.05, 3.63) is 62.4 Å². The topological polar surface area (TPSA) is 68.9 Å². The summed E-state index contributed by atoms with van der Waals surface area (Å²) >= 11 is 0. The van der Waals surface area contributed by atoms with Gasteiger partial charge >= 0.3 is 5.69 Å². The number of anilines is 2. The molecule has 2 aromatic heterocycles. The van der Waals surface area contributed by atoms with E-state index in [2.05, 4.69) is 36.3 Å². The van der Waals surface area contributed by atoms with Gasteiger partial charge in [0, 0.05) is 26.0 Å². The van der Waals surface area contributed by atoms with Gasteiger partial charge in [-0.3, -0.25) is 13.9 Å². The van der Waals surface area contributed by atoms with E-state index in [4.69, 9.17) is 0 Å². The van der Waals surface area contributed by atoms with Gasteiger partial charge in [0.25, 0.3) is 5.56 Å². The minimum Gasteiger partial charge on any atom is -0.354 e. The molecule has 6 heteroatoms. The Bertz CT molecular complexity index is 1080. The van der Waals surface area contributed by atoms with Crippen molar-refractivity contribution in [2.24, 2.45) is 14.1 Å². The van der Waals surface area contributed by atoms with Crippen LogP contribution in [0.15, 0.2) is 40.1 Å². The maximum atomic E-state index is 12.8. The van der Waals surface area contributed by atoms with Gasteiger partial charge in [0.15, 0.2) is 5.65 Å². The van der Waals surface area contributed by atoms with Crippen molar-refractivity contribution in [3.8, 4) is 0 Å². The van der Waals surface area contributed by atoms with Crippen LogP contribution in [0.1, 0.15) is 37.8 Å². The molecular weight excluding hydrogens is 328 g/mol. The van der Waals surface area contributed by atoms with Gasteiger partial charge in [-0.05, 0) is 35.6 Å². The third-order valence-corrected chi connectivity index (χ3v) is 4.78. The molecule has 0 aliphatic carbocycles. The second-order valence-corrected chi connectivity index (χ2v) is 6.82. The van der Waals surface area contributed by atoms with E-state index in [9.17, 15) is 9.59 Å². The number of hydrogen-bond acceptors (Lipinski definition) is 4. The minimum absolute atomic E-state index is 0.341. The fraction of sp³-hybridized carbons (Fsp3) is 0.350. The van der Waals surface area contributed by atoms with Crippen LogP contribution in [0.2, 0.25) is 0 Å². The number of hydrogen-bond donors (Lipinski definition) is 1. The van der Waals surface area contributed by atoms with Crippen molar-refractivity contribution < 1.29 is 0 Å². The molecule has 0 radical (unpaired) electrons. The van der Waals surface area contributed by atoms with Crippen LogP contribution in [0.5, 0.6) is 0 Å². The predicted octanol–water partition coefficient (Wildman–Crippen LogP) is 3.06. The first-order chi connectivity index (χ1) is 12.3. The van der Waals surface area contributed by atoms with E-state index in [1.54, 1.807) is 13.2 Å². The van der Waals surface area contributed by atoms with E-state index >= 15 is 0 Å². The quantitative estimate of drug-likeness (QED) is 0.783. The van der Waals surface area contributed by atoms with E-state index < -0.39 is 0 Å². The summed E-state index contributed by atoms with van der Waals surface area (Å²) in [5, 5.41) is 3.81. The first-order valence-corrected chi connectivity index (χ1v) is 8.79. The molecule has 0 amide bonds. The van der Waals surface area contributed by atoms with Crippen LogP contribution in [0, 0.1) is 0 Å². The lowest BCUT2D eigenvalue weighted by Gasteiger charge is -2.16. The fourth-order valence-electron chi connectivity index (χ4n) is 3.07. The second-order valence-electron chi connectivity index (χ2n) is 6.82. The lowest BCUT2D eigenvalue weighted by Crippen LogP contribution is -2.37. The van der Waals surface area contributed by atoms with Gasteiger partial charge in [0.2, 0.25) is 0 Å². The summed E-state index contributed by atoms with van der Waals surface area (Å²) in [4.78, 5) is 29.4. The molecule has 3 aromatic rings. The van der Waals surface area contributed by atoms with Crippen molar-refractivity contribution in [3.63, 3.8) is 0 Å². The zero-order valence-corrected chi connectivity index (χ0v) is 15.8. The van der Waals surface area contributed by atoms with Crippen LogP contribution >= 0.6 is 0 Å². The summed E-state index contributed by atoms with van der Waals surface area (Å²) in [6.45, 7) is 6.32. The molecule has 1 N–H and O–H groups in total. The maximum Gasteiger partial charge on any atom is 0.332 e. The third kappa shape index (κ3) is 2.92. The zero-order chi connectivity index (χ0) is 19.0. The molecule has 0 unspecified atom stereocenters. The van der Waals surface area contributed by atoms with Gasteiger partial charge in [-0.2, -0.15) is 0 Å². The standard InChI is InChI=1S/C20H24N4O2/c1-6-13-11-21-18-16(19(25)24(5)20(26)23(18)4)17(13)22-15-9-7-14(8-10-15)12(2)3/h7-12H,6H2,1-5H3,(H,21,22). The van der Waals surface area contributed by atoms with Crippen LogP contribution < -0.4 is 16.6 Å². The van der Waals surface area contributed by atoms with Crippen LogP contribution in [-0.2, 0) is 20.5 Å². The Morgan fingerprint density at radius 2 is 1.73 bits per heavy atom. The van der Waals surface area contributed by atoms with Crippen molar-refractivity contribution in [1.29, 1.82) is 0 Å². The summed E-state index contributed by atoms with van der Waals surface area (Å²) < 4.78 is 2.53. The SMILES string of the molecule is CCc1cnc2c(c1Nc1ccc(C(C)C)cc1)c(=O)n(C)c(=O)n2C. The van der Waals surface area contributed by atoms with Crippen LogP contribution in [0.4, 0.5) is 11.4 Å². The summed E-state index contributed by atoms with van der Waals surface area (Å²) in [5.41, 5.74) is 3.46. The van der Waals surface area contributed by atoms with E-state index in [0.29, 0.717) is 22.6 Å². The molecular formula is C20H24N4O2. The molecule has 1 aromatic carbocycles. The Labute approximate surface area is 152 Å². The van der Waals surface area contributed by atoms with Gasteiger partial charge < -0.3 is 5.32 Å². The number of pyridine rings is 1. The van der Waals surface area contributed by atoms with Crippen LogP contribution in [-0.4, -0.2) is 14.1 Å². The summed E-state index contributed by atoms with van der Waals surface area (Å²) in [5.74, 6) is 0.457. The number of nitrogens with one attached hydrogen (secondary N) is 1. The number of aryl methyl sites for hydroxylation is 2. The monoisotopic (exact) mass is 352 g/mol. The molecule has 0 aliphatic heterocycles. The lowest BCUT2D eigenvalue weighted by atomic mass is 10.0. The number of nitrogens with zero attached hydrogens (tertiary/aromatic N) is 3. The second kappa shape index (κ2) is 6.78.